The lowest BCUT2D eigenvalue weighted by Gasteiger charge is -2.05. The first-order valence-electron chi connectivity index (χ1n) is 9.85. The number of amides is 2. The number of benzene rings is 1. The minimum Gasteiger partial charge on any atom is -0.361 e. The Morgan fingerprint density at radius 2 is 2.00 bits per heavy atom. The van der Waals surface area contributed by atoms with Gasteiger partial charge in [0.15, 0.2) is 0 Å². The fourth-order valence-corrected chi connectivity index (χ4v) is 3.25. The highest BCUT2D eigenvalue weighted by Gasteiger charge is 2.04. The quantitative estimate of drug-likeness (QED) is 0.363. The van der Waals surface area contributed by atoms with Crippen molar-refractivity contribution in [2.24, 2.45) is 0 Å². The Morgan fingerprint density at radius 1 is 1.21 bits per heavy atom. The van der Waals surface area contributed by atoms with Gasteiger partial charge in [0, 0.05) is 36.6 Å². The van der Waals surface area contributed by atoms with Crippen LogP contribution >= 0.6 is 11.8 Å². The van der Waals surface area contributed by atoms with E-state index in [1.54, 1.807) is 11.8 Å². The normalized spacial score (nSPS) is 10.1. The first-order valence-corrected chi connectivity index (χ1v) is 10.8. The van der Waals surface area contributed by atoms with E-state index < -0.39 is 0 Å². The molecule has 0 fully saturated rings. The van der Waals surface area contributed by atoms with Gasteiger partial charge in [0.05, 0.1) is 0 Å². The van der Waals surface area contributed by atoms with Crippen molar-refractivity contribution in [3.63, 3.8) is 0 Å². The molecule has 6 heteroatoms. The molecule has 2 amide bonds. The molecule has 0 saturated carbocycles. The molecular weight excluding hydrogens is 370 g/mol. The van der Waals surface area contributed by atoms with Crippen molar-refractivity contribution in [3.05, 3.63) is 47.5 Å². The topological polar surface area (TPSA) is 74.0 Å². The summed E-state index contributed by atoms with van der Waals surface area (Å²) in [5.41, 5.74) is 2.36. The summed E-state index contributed by atoms with van der Waals surface area (Å²) in [6.45, 7) is 9.20. The highest BCUT2D eigenvalue weighted by atomic mass is 32.2. The van der Waals surface area contributed by atoms with Crippen molar-refractivity contribution < 1.29 is 9.59 Å². The van der Waals surface area contributed by atoms with Crippen LogP contribution in [0.4, 0.5) is 0 Å². The van der Waals surface area contributed by atoms with Gasteiger partial charge in [-0.1, -0.05) is 38.1 Å². The predicted octanol–water partition coefficient (Wildman–Crippen LogP) is 4.41. The summed E-state index contributed by atoms with van der Waals surface area (Å²) in [6, 6.07) is 8.18. The number of allylic oxidation sites excluding steroid dienone is 1. The molecule has 0 bridgehead atoms. The molecule has 0 radical (unpaired) electrons. The number of carbonyl (C=O) groups excluding carboxylic acids is 2. The van der Waals surface area contributed by atoms with Gasteiger partial charge in [-0.05, 0) is 48.5 Å². The van der Waals surface area contributed by atoms with Gasteiger partial charge in [-0.3, -0.25) is 9.59 Å². The third kappa shape index (κ3) is 10.2. The van der Waals surface area contributed by atoms with Gasteiger partial charge in [-0.15, -0.1) is 11.8 Å². The van der Waals surface area contributed by atoms with Gasteiger partial charge in [0.25, 0.3) is 0 Å². The highest BCUT2D eigenvalue weighted by molar-refractivity contribution is 8.02. The van der Waals surface area contributed by atoms with Gasteiger partial charge in [-0.25, -0.2) is 0 Å². The molecule has 0 aliphatic heterocycles. The summed E-state index contributed by atoms with van der Waals surface area (Å²) in [5, 5.41) is 6.80. The first-order chi connectivity index (χ1) is 13.6. The molecule has 2 aromatic rings. The number of fused-ring (bicyclic) bond motifs is 1. The molecular formula is C22H33N3O2S. The minimum atomic E-state index is 0.100. The van der Waals surface area contributed by atoms with Crippen LogP contribution in [0.2, 0.25) is 0 Å². The Labute approximate surface area is 172 Å². The second kappa shape index (κ2) is 14.8. The van der Waals surface area contributed by atoms with Crippen LogP contribution in [0.25, 0.3) is 10.9 Å². The van der Waals surface area contributed by atoms with Crippen molar-refractivity contribution in [1.82, 2.24) is 15.6 Å². The molecule has 5 nitrogen and oxygen atoms in total. The smallest absolute Gasteiger partial charge is 0.220 e. The van der Waals surface area contributed by atoms with Crippen LogP contribution in [0.1, 0.15) is 45.1 Å². The van der Waals surface area contributed by atoms with Crippen LogP contribution in [0.15, 0.2) is 41.9 Å². The second-order valence-electron chi connectivity index (χ2n) is 6.48. The SMILES string of the molecule is C=C(C)SCC.O=CNCCCCCC(=O)NCCc1c[nH]c2ccccc12. The summed E-state index contributed by atoms with van der Waals surface area (Å²) in [5.74, 6) is 1.25. The van der Waals surface area contributed by atoms with Crippen molar-refractivity contribution in [2.75, 3.05) is 18.8 Å². The Hall–Kier alpha value is -2.21. The van der Waals surface area contributed by atoms with E-state index in [4.69, 9.17) is 0 Å². The minimum absolute atomic E-state index is 0.100. The third-order valence-corrected chi connectivity index (χ3v) is 4.87. The lowest BCUT2D eigenvalue weighted by molar-refractivity contribution is -0.121. The zero-order valence-corrected chi connectivity index (χ0v) is 17.9. The molecule has 1 aromatic heterocycles. The molecule has 0 spiro atoms. The number of para-hydroxylation sites is 1. The summed E-state index contributed by atoms with van der Waals surface area (Å²) < 4.78 is 0. The number of aromatic amines is 1. The molecule has 0 aliphatic carbocycles. The van der Waals surface area contributed by atoms with Gasteiger partial charge < -0.3 is 15.6 Å². The first kappa shape index (κ1) is 23.8. The molecule has 1 heterocycles. The van der Waals surface area contributed by atoms with Crippen LogP contribution in [0, 0.1) is 0 Å². The standard InChI is InChI=1S/C17H23N3O2.C5H10S/c21-13-18-10-5-1-2-8-17(22)19-11-9-14-12-20-16-7-4-3-6-15(14)16;1-4-6-5(2)3/h3-4,6-7,12-13,20H,1-2,5,8-11H2,(H,18,21)(H,19,22);2,4H2,1,3H3. The lowest BCUT2D eigenvalue weighted by atomic mass is 10.1. The van der Waals surface area contributed by atoms with Crippen LogP contribution in [0.5, 0.6) is 0 Å². The summed E-state index contributed by atoms with van der Waals surface area (Å²) in [6.07, 6.45) is 6.83. The zero-order chi connectivity index (χ0) is 20.6. The average molecular weight is 404 g/mol. The average Bonchev–Trinajstić information content (AvgIpc) is 3.08. The van der Waals surface area contributed by atoms with Gasteiger partial charge in [0.1, 0.15) is 0 Å². The molecule has 0 unspecified atom stereocenters. The Morgan fingerprint density at radius 3 is 2.68 bits per heavy atom. The zero-order valence-electron chi connectivity index (χ0n) is 17.1. The predicted molar refractivity (Wildman–Crippen MR) is 120 cm³/mol. The number of carbonyl (C=O) groups is 2. The van der Waals surface area contributed by atoms with Crippen LogP contribution in [0.3, 0.4) is 0 Å². The number of unbranched alkanes of at least 4 members (excludes halogenated alkanes) is 2. The van der Waals surface area contributed by atoms with E-state index in [2.05, 4.69) is 41.3 Å². The maximum atomic E-state index is 11.7. The maximum absolute atomic E-state index is 11.7. The fraction of sp³-hybridized carbons (Fsp3) is 0.455. The third-order valence-electron chi connectivity index (χ3n) is 4.09. The van der Waals surface area contributed by atoms with E-state index in [9.17, 15) is 9.59 Å². The molecule has 0 aliphatic rings. The van der Waals surface area contributed by atoms with Gasteiger partial charge in [0.2, 0.25) is 12.3 Å². The van der Waals surface area contributed by atoms with Gasteiger partial charge in [-0.2, -0.15) is 0 Å². The van der Waals surface area contributed by atoms with Crippen molar-refractivity contribution in [1.29, 1.82) is 0 Å². The molecule has 3 N–H and O–H groups in total. The van der Waals surface area contributed by atoms with E-state index in [-0.39, 0.29) is 5.91 Å². The summed E-state index contributed by atoms with van der Waals surface area (Å²) in [7, 11) is 0. The Kier molecular flexibility index (Phi) is 12.6. The number of H-pyrrole nitrogens is 1. The second-order valence-corrected chi connectivity index (χ2v) is 8.04. The molecule has 0 saturated heterocycles. The molecule has 28 heavy (non-hydrogen) atoms. The fourth-order valence-electron chi connectivity index (χ4n) is 2.76. The molecule has 2 rings (SSSR count). The van der Waals surface area contributed by atoms with E-state index in [0.29, 0.717) is 25.9 Å². The number of hydrogen-bond acceptors (Lipinski definition) is 3. The Balaban J connectivity index is 0.000000568. The molecule has 1 aromatic carbocycles. The lowest BCUT2D eigenvalue weighted by Crippen LogP contribution is -2.25. The van der Waals surface area contributed by atoms with Crippen molar-refractivity contribution in [2.45, 2.75) is 46.0 Å². The van der Waals surface area contributed by atoms with E-state index in [1.165, 1.54) is 15.9 Å². The maximum Gasteiger partial charge on any atom is 0.220 e. The molecule has 154 valence electrons. The number of rotatable bonds is 12. The van der Waals surface area contributed by atoms with E-state index >= 15 is 0 Å². The summed E-state index contributed by atoms with van der Waals surface area (Å²) >= 11 is 1.79. The number of nitrogens with one attached hydrogen (secondary N) is 3. The number of aromatic nitrogens is 1. The summed E-state index contributed by atoms with van der Waals surface area (Å²) in [4.78, 5) is 26.2. The largest absolute Gasteiger partial charge is 0.361 e. The van der Waals surface area contributed by atoms with Crippen LogP contribution in [-0.4, -0.2) is 36.1 Å². The highest BCUT2D eigenvalue weighted by Crippen LogP contribution is 2.17. The van der Waals surface area contributed by atoms with E-state index in [0.717, 1.165) is 37.0 Å². The number of hydrogen-bond donors (Lipinski definition) is 3. The van der Waals surface area contributed by atoms with Crippen molar-refractivity contribution in [3.8, 4) is 0 Å². The monoisotopic (exact) mass is 403 g/mol. The Bertz CT molecular complexity index is 727. The van der Waals surface area contributed by atoms with E-state index in [1.807, 2.05) is 25.3 Å². The van der Waals surface area contributed by atoms with Crippen molar-refractivity contribution >= 4 is 35.0 Å². The van der Waals surface area contributed by atoms with Gasteiger partial charge >= 0.3 is 0 Å². The van der Waals surface area contributed by atoms with Crippen LogP contribution in [-0.2, 0) is 16.0 Å². The number of thioether (sulfide) groups is 1. The van der Waals surface area contributed by atoms with Crippen LogP contribution < -0.4 is 10.6 Å². The molecule has 0 atom stereocenters.